The molecule has 1 fully saturated rings. The molecule has 1 amide bonds. The molecule has 0 spiro atoms. The largest absolute Gasteiger partial charge is 0.355 e. The summed E-state index contributed by atoms with van der Waals surface area (Å²) in [5.74, 6) is -0.460. The maximum absolute atomic E-state index is 12.9. The normalized spacial score (nSPS) is 16.0. The first-order chi connectivity index (χ1) is 12.4. The highest BCUT2D eigenvalue weighted by molar-refractivity contribution is 7.92. The summed E-state index contributed by atoms with van der Waals surface area (Å²) in [7, 11) is -3.53. The van der Waals surface area contributed by atoms with Crippen LogP contribution in [0.15, 0.2) is 54.6 Å². The van der Waals surface area contributed by atoms with Gasteiger partial charge in [0, 0.05) is 23.3 Å². The third kappa shape index (κ3) is 4.80. The van der Waals surface area contributed by atoms with Crippen LogP contribution in [0.5, 0.6) is 0 Å². The number of nitrogens with one attached hydrogen (secondary N) is 3. The van der Waals surface area contributed by atoms with E-state index in [1.165, 1.54) is 0 Å². The van der Waals surface area contributed by atoms with Gasteiger partial charge in [0.1, 0.15) is 0 Å². The lowest BCUT2D eigenvalue weighted by molar-refractivity contribution is -0.119. The molecular formula is C19H24ClN3O3S. The highest BCUT2D eigenvalue weighted by Crippen LogP contribution is 2.30. The fourth-order valence-corrected chi connectivity index (χ4v) is 4.54. The molecule has 146 valence electrons. The van der Waals surface area contributed by atoms with Crippen LogP contribution in [0.1, 0.15) is 12.8 Å². The SMILES string of the molecule is CS(=O)(=O)C1(C(=O)Nc2cccc(Nc3ccccc3)c2)CCNCC1.Cl. The van der Waals surface area contributed by atoms with E-state index in [9.17, 15) is 13.2 Å². The molecule has 6 nitrogen and oxygen atoms in total. The van der Waals surface area contributed by atoms with Crippen LogP contribution in [-0.2, 0) is 14.6 Å². The fraction of sp³-hybridized carbons (Fsp3) is 0.316. The molecule has 2 aromatic rings. The van der Waals surface area contributed by atoms with E-state index in [1.807, 2.05) is 42.5 Å². The summed E-state index contributed by atoms with van der Waals surface area (Å²) in [5, 5.41) is 9.17. The number of carbonyl (C=O) groups is 1. The minimum atomic E-state index is -3.53. The molecular weight excluding hydrogens is 386 g/mol. The molecule has 2 aromatic carbocycles. The van der Waals surface area contributed by atoms with Gasteiger partial charge < -0.3 is 16.0 Å². The molecule has 0 aromatic heterocycles. The Morgan fingerprint density at radius 2 is 1.56 bits per heavy atom. The molecule has 27 heavy (non-hydrogen) atoms. The number of piperidine rings is 1. The number of benzene rings is 2. The topological polar surface area (TPSA) is 87.3 Å². The summed E-state index contributed by atoms with van der Waals surface area (Å²) in [6.07, 6.45) is 1.70. The molecule has 3 rings (SSSR count). The van der Waals surface area contributed by atoms with Crippen LogP contribution in [0.4, 0.5) is 17.1 Å². The van der Waals surface area contributed by atoms with Crippen LogP contribution in [0, 0.1) is 0 Å². The molecule has 8 heteroatoms. The number of hydrogen-bond acceptors (Lipinski definition) is 5. The Labute approximate surface area is 166 Å². The second-order valence-electron chi connectivity index (χ2n) is 6.54. The van der Waals surface area contributed by atoms with E-state index in [0.29, 0.717) is 18.8 Å². The average molecular weight is 410 g/mol. The van der Waals surface area contributed by atoms with Gasteiger partial charge in [0.05, 0.1) is 0 Å². The Bertz CT molecular complexity index is 882. The maximum Gasteiger partial charge on any atom is 0.245 e. The van der Waals surface area contributed by atoms with Crippen molar-refractivity contribution in [2.24, 2.45) is 0 Å². The van der Waals surface area contributed by atoms with Crippen LogP contribution in [0.25, 0.3) is 0 Å². The van der Waals surface area contributed by atoms with Crippen LogP contribution < -0.4 is 16.0 Å². The van der Waals surface area contributed by atoms with Crippen molar-refractivity contribution in [1.82, 2.24) is 5.32 Å². The van der Waals surface area contributed by atoms with Crippen molar-refractivity contribution in [2.75, 3.05) is 30.0 Å². The fourth-order valence-electron chi connectivity index (χ4n) is 3.20. The standard InChI is InChI=1S/C19H23N3O3S.ClH/c1-26(24,25)19(10-12-20-13-11-19)18(23)22-17-9-5-8-16(14-17)21-15-6-3-2-4-7-15;/h2-9,14,20-21H,10-13H2,1H3,(H,22,23);1H. The van der Waals surface area contributed by atoms with Crippen LogP contribution >= 0.6 is 12.4 Å². The van der Waals surface area contributed by atoms with Gasteiger partial charge in [-0.25, -0.2) is 8.42 Å². The number of para-hydroxylation sites is 1. The molecule has 0 atom stereocenters. The van der Waals surface area contributed by atoms with Crippen LogP contribution in [0.2, 0.25) is 0 Å². The van der Waals surface area contributed by atoms with Gasteiger partial charge >= 0.3 is 0 Å². The molecule has 1 heterocycles. The van der Waals surface area contributed by atoms with E-state index < -0.39 is 20.5 Å². The monoisotopic (exact) mass is 409 g/mol. The molecule has 1 aliphatic rings. The van der Waals surface area contributed by atoms with Crippen molar-refractivity contribution < 1.29 is 13.2 Å². The van der Waals surface area contributed by atoms with Gasteiger partial charge in [0.15, 0.2) is 14.6 Å². The first-order valence-electron chi connectivity index (χ1n) is 8.55. The van der Waals surface area contributed by atoms with Gasteiger partial charge in [0.25, 0.3) is 0 Å². The molecule has 0 aliphatic carbocycles. The maximum atomic E-state index is 12.9. The van der Waals surface area contributed by atoms with Crippen molar-refractivity contribution in [1.29, 1.82) is 0 Å². The van der Waals surface area contributed by atoms with Gasteiger partial charge in [-0.15, -0.1) is 12.4 Å². The predicted molar refractivity (Wildman–Crippen MR) is 112 cm³/mol. The zero-order chi connectivity index (χ0) is 18.6. The van der Waals surface area contributed by atoms with Gasteiger partial charge in [-0.3, -0.25) is 4.79 Å². The van der Waals surface area contributed by atoms with E-state index in [2.05, 4.69) is 16.0 Å². The first kappa shape index (κ1) is 21.2. The Balaban J connectivity index is 0.00000261. The molecule has 0 bridgehead atoms. The van der Waals surface area contributed by atoms with Crippen molar-refractivity contribution in [3.05, 3.63) is 54.6 Å². The van der Waals surface area contributed by atoms with E-state index in [1.54, 1.807) is 12.1 Å². The lowest BCUT2D eigenvalue weighted by Gasteiger charge is -2.34. The molecule has 1 aliphatic heterocycles. The van der Waals surface area contributed by atoms with Crippen LogP contribution in [0.3, 0.4) is 0 Å². The Kier molecular flexibility index (Phi) is 6.86. The Hall–Kier alpha value is -2.09. The number of carbonyl (C=O) groups excluding carboxylic acids is 1. The summed E-state index contributed by atoms with van der Waals surface area (Å²) < 4.78 is 23.3. The van der Waals surface area contributed by atoms with Crippen molar-refractivity contribution >= 4 is 45.2 Å². The minimum absolute atomic E-state index is 0. The molecule has 0 saturated carbocycles. The van der Waals surface area contributed by atoms with Gasteiger partial charge in [0.2, 0.25) is 5.91 Å². The smallest absolute Gasteiger partial charge is 0.245 e. The molecule has 3 N–H and O–H groups in total. The highest BCUT2D eigenvalue weighted by atomic mass is 35.5. The summed E-state index contributed by atoms with van der Waals surface area (Å²) in [6, 6.07) is 16.9. The molecule has 1 saturated heterocycles. The summed E-state index contributed by atoms with van der Waals surface area (Å²) in [6.45, 7) is 1.02. The quantitative estimate of drug-likeness (QED) is 0.706. The second kappa shape index (κ2) is 8.73. The van der Waals surface area contributed by atoms with Gasteiger partial charge in [-0.1, -0.05) is 24.3 Å². The third-order valence-corrected chi connectivity index (χ3v) is 6.73. The predicted octanol–water partition coefficient (Wildman–Crippen LogP) is 2.96. The Morgan fingerprint density at radius 3 is 2.19 bits per heavy atom. The number of rotatable bonds is 5. The number of hydrogen-bond donors (Lipinski definition) is 3. The van der Waals surface area contributed by atoms with E-state index in [4.69, 9.17) is 0 Å². The third-order valence-electron chi connectivity index (χ3n) is 4.72. The molecule has 0 radical (unpaired) electrons. The average Bonchev–Trinajstić information content (AvgIpc) is 2.62. The summed E-state index contributed by atoms with van der Waals surface area (Å²) in [5.41, 5.74) is 2.31. The first-order valence-corrected chi connectivity index (χ1v) is 10.4. The van der Waals surface area contributed by atoms with Crippen molar-refractivity contribution in [3.8, 4) is 0 Å². The van der Waals surface area contributed by atoms with Crippen molar-refractivity contribution in [2.45, 2.75) is 17.6 Å². The summed E-state index contributed by atoms with van der Waals surface area (Å²) in [4.78, 5) is 12.9. The van der Waals surface area contributed by atoms with Gasteiger partial charge in [-0.2, -0.15) is 0 Å². The number of anilines is 3. The zero-order valence-corrected chi connectivity index (χ0v) is 16.7. The van der Waals surface area contributed by atoms with Gasteiger partial charge in [-0.05, 0) is 56.3 Å². The lowest BCUT2D eigenvalue weighted by atomic mass is 9.95. The second-order valence-corrected chi connectivity index (χ2v) is 8.87. The number of halogens is 1. The Morgan fingerprint density at radius 1 is 0.963 bits per heavy atom. The minimum Gasteiger partial charge on any atom is -0.355 e. The zero-order valence-electron chi connectivity index (χ0n) is 15.1. The van der Waals surface area contributed by atoms with E-state index in [0.717, 1.165) is 17.6 Å². The summed E-state index contributed by atoms with van der Waals surface area (Å²) >= 11 is 0. The number of sulfone groups is 1. The lowest BCUT2D eigenvalue weighted by Crippen LogP contribution is -2.55. The highest BCUT2D eigenvalue weighted by Gasteiger charge is 2.48. The van der Waals surface area contributed by atoms with E-state index >= 15 is 0 Å². The molecule has 0 unspecified atom stereocenters. The van der Waals surface area contributed by atoms with E-state index in [-0.39, 0.29) is 25.2 Å². The van der Waals surface area contributed by atoms with Crippen LogP contribution in [-0.4, -0.2) is 38.4 Å². The number of amides is 1. The van der Waals surface area contributed by atoms with Crippen molar-refractivity contribution in [3.63, 3.8) is 0 Å².